The molecule has 0 aromatic heterocycles. The highest BCUT2D eigenvalue weighted by Gasteiger charge is 2.11. The molecule has 0 unspecified atom stereocenters. The van der Waals surface area contributed by atoms with Crippen molar-refractivity contribution in [2.75, 3.05) is 0 Å². The molecule has 0 atom stereocenters. The van der Waals surface area contributed by atoms with Gasteiger partial charge in [0.2, 0.25) is 0 Å². The summed E-state index contributed by atoms with van der Waals surface area (Å²) in [6.07, 6.45) is 0. The summed E-state index contributed by atoms with van der Waals surface area (Å²) >= 11 is 4.39. The van der Waals surface area contributed by atoms with E-state index in [4.69, 9.17) is 0 Å². The first-order valence-electron chi connectivity index (χ1n) is 7.55. The Kier molecular flexibility index (Phi) is 5.19. The number of aliphatic imine (C=N–C) groups is 1. The monoisotopic (exact) mass is 363 g/mol. The van der Waals surface area contributed by atoms with Gasteiger partial charge < -0.3 is 5.11 Å². The Morgan fingerprint density at radius 3 is 1.77 bits per heavy atom. The van der Waals surface area contributed by atoms with Crippen LogP contribution in [0.25, 0.3) is 11.1 Å². The SMILES string of the molecule is Oc1ccc(C#Cc2ccc(-c3cc(F)c(N=C=S)c(F)c3)cc2)cc1. The van der Waals surface area contributed by atoms with Crippen molar-refractivity contribution in [3.63, 3.8) is 0 Å². The first-order chi connectivity index (χ1) is 12.6. The summed E-state index contributed by atoms with van der Waals surface area (Å²) < 4.78 is 27.9. The molecule has 0 aliphatic rings. The van der Waals surface area contributed by atoms with E-state index in [2.05, 4.69) is 29.1 Å². The molecule has 0 saturated carbocycles. The Morgan fingerprint density at radius 2 is 1.27 bits per heavy atom. The second-order valence-corrected chi connectivity index (χ2v) is 5.55. The van der Waals surface area contributed by atoms with E-state index in [1.54, 1.807) is 48.5 Å². The molecule has 0 spiro atoms. The summed E-state index contributed by atoms with van der Waals surface area (Å²) in [6, 6.07) is 16.0. The molecule has 5 heteroatoms. The molecule has 3 rings (SSSR count). The van der Waals surface area contributed by atoms with E-state index in [1.165, 1.54) is 12.1 Å². The summed E-state index contributed by atoms with van der Waals surface area (Å²) in [5, 5.41) is 11.2. The smallest absolute Gasteiger partial charge is 0.153 e. The molecule has 0 amide bonds. The first kappa shape index (κ1) is 17.5. The molecule has 126 valence electrons. The number of rotatable bonds is 2. The highest BCUT2D eigenvalue weighted by Crippen LogP contribution is 2.29. The lowest BCUT2D eigenvalue weighted by atomic mass is 10.0. The van der Waals surface area contributed by atoms with Crippen LogP contribution in [0.4, 0.5) is 14.5 Å². The second-order valence-electron chi connectivity index (χ2n) is 5.37. The van der Waals surface area contributed by atoms with Crippen LogP contribution in [0, 0.1) is 23.5 Å². The van der Waals surface area contributed by atoms with E-state index in [9.17, 15) is 13.9 Å². The predicted octanol–water partition coefficient (Wildman–Crippen LogP) is 5.47. The quantitative estimate of drug-likeness (QED) is 0.372. The largest absolute Gasteiger partial charge is 0.508 e. The second kappa shape index (κ2) is 7.71. The van der Waals surface area contributed by atoms with Gasteiger partial charge in [-0.25, -0.2) is 8.78 Å². The van der Waals surface area contributed by atoms with E-state index < -0.39 is 17.3 Å². The predicted molar refractivity (Wildman–Crippen MR) is 101 cm³/mol. The average molecular weight is 363 g/mol. The fourth-order valence-corrected chi connectivity index (χ4v) is 2.41. The Bertz CT molecular complexity index is 1030. The molecule has 3 aromatic rings. The van der Waals surface area contributed by atoms with Gasteiger partial charge in [0.15, 0.2) is 11.6 Å². The minimum Gasteiger partial charge on any atom is -0.508 e. The zero-order valence-electron chi connectivity index (χ0n) is 13.3. The molecule has 0 radical (unpaired) electrons. The van der Waals surface area contributed by atoms with Crippen LogP contribution in [0.1, 0.15) is 11.1 Å². The van der Waals surface area contributed by atoms with Gasteiger partial charge in [-0.3, -0.25) is 0 Å². The molecular formula is C21H11F2NOS. The van der Waals surface area contributed by atoms with Crippen molar-refractivity contribution in [3.8, 4) is 28.7 Å². The molecule has 0 saturated heterocycles. The summed E-state index contributed by atoms with van der Waals surface area (Å²) in [4.78, 5) is 3.39. The molecule has 26 heavy (non-hydrogen) atoms. The van der Waals surface area contributed by atoms with E-state index in [0.29, 0.717) is 11.1 Å². The summed E-state index contributed by atoms with van der Waals surface area (Å²) in [5.74, 6) is 4.56. The van der Waals surface area contributed by atoms with Gasteiger partial charge in [0.25, 0.3) is 0 Å². The Morgan fingerprint density at radius 1 is 0.769 bits per heavy atom. The fraction of sp³-hybridized carbons (Fsp3) is 0. The van der Waals surface area contributed by atoms with Crippen LogP contribution in [0.5, 0.6) is 5.75 Å². The van der Waals surface area contributed by atoms with Crippen molar-refractivity contribution in [2.24, 2.45) is 4.99 Å². The van der Waals surface area contributed by atoms with E-state index in [-0.39, 0.29) is 5.75 Å². The fourth-order valence-electron chi connectivity index (χ4n) is 2.32. The first-order valence-corrected chi connectivity index (χ1v) is 7.96. The van der Waals surface area contributed by atoms with Crippen LogP contribution in [0.2, 0.25) is 0 Å². The summed E-state index contributed by atoms with van der Waals surface area (Å²) in [5.41, 5.74) is 2.12. The van der Waals surface area contributed by atoms with E-state index in [0.717, 1.165) is 11.1 Å². The maximum atomic E-state index is 13.9. The number of phenolic OH excluding ortho intramolecular Hbond substituents is 1. The number of thiocarbonyl (C=S) groups is 1. The number of isothiocyanates is 1. The Hall–Kier alpha value is -3.32. The van der Waals surface area contributed by atoms with E-state index >= 15 is 0 Å². The van der Waals surface area contributed by atoms with Gasteiger partial charge in [-0.05, 0) is 71.9 Å². The molecule has 2 nitrogen and oxygen atoms in total. The number of aromatic hydroxyl groups is 1. The van der Waals surface area contributed by atoms with Crippen LogP contribution >= 0.6 is 12.2 Å². The van der Waals surface area contributed by atoms with Crippen molar-refractivity contribution >= 4 is 23.1 Å². The standard InChI is InChI=1S/C21H11F2NOS/c22-19-11-17(12-20(23)21(19)24-13-26)16-7-3-14(4-8-16)1-2-15-5-9-18(25)10-6-15/h3-12,25H. The van der Waals surface area contributed by atoms with Gasteiger partial charge in [0.1, 0.15) is 11.4 Å². The third-order valence-corrected chi connectivity index (χ3v) is 3.70. The molecule has 0 aliphatic carbocycles. The lowest BCUT2D eigenvalue weighted by molar-refractivity contribution is 0.475. The number of phenols is 1. The van der Waals surface area contributed by atoms with Crippen LogP contribution < -0.4 is 0 Å². The topological polar surface area (TPSA) is 32.6 Å². The van der Waals surface area contributed by atoms with Crippen molar-refractivity contribution in [1.82, 2.24) is 0 Å². The maximum absolute atomic E-state index is 13.9. The van der Waals surface area contributed by atoms with Crippen molar-refractivity contribution in [1.29, 1.82) is 0 Å². The average Bonchev–Trinajstić information content (AvgIpc) is 2.64. The lowest BCUT2D eigenvalue weighted by Crippen LogP contribution is -1.87. The number of halogens is 2. The lowest BCUT2D eigenvalue weighted by Gasteiger charge is -2.05. The molecule has 0 aliphatic heterocycles. The highest BCUT2D eigenvalue weighted by molar-refractivity contribution is 7.78. The zero-order valence-corrected chi connectivity index (χ0v) is 14.1. The summed E-state index contributed by atoms with van der Waals surface area (Å²) in [7, 11) is 0. The highest BCUT2D eigenvalue weighted by atomic mass is 32.1. The minimum atomic E-state index is -0.798. The minimum absolute atomic E-state index is 0.182. The molecule has 0 bridgehead atoms. The van der Waals surface area contributed by atoms with Crippen molar-refractivity contribution in [2.45, 2.75) is 0 Å². The van der Waals surface area contributed by atoms with Gasteiger partial charge in [-0.1, -0.05) is 24.0 Å². The molecule has 3 aromatic carbocycles. The maximum Gasteiger partial charge on any atom is 0.153 e. The zero-order chi connectivity index (χ0) is 18.5. The van der Waals surface area contributed by atoms with Gasteiger partial charge in [0, 0.05) is 11.1 Å². The Balaban J connectivity index is 1.86. The van der Waals surface area contributed by atoms with Crippen LogP contribution in [0.15, 0.2) is 65.7 Å². The molecular weight excluding hydrogens is 352 g/mol. The normalized spacial score (nSPS) is 9.77. The number of nitrogens with zero attached hydrogens (tertiary/aromatic N) is 1. The van der Waals surface area contributed by atoms with Gasteiger partial charge in [-0.15, -0.1) is 0 Å². The van der Waals surface area contributed by atoms with Crippen molar-refractivity contribution in [3.05, 3.63) is 83.4 Å². The molecule has 0 fully saturated rings. The van der Waals surface area contributed by atoms with Gasteiger partial charge >= 0.3 is 0 Å². The van der Waals surface area contributed by atoms with Gasteiger partial charge in [0.05, 0.1) is 5.16 Å². The Labute approximate surface area is 154 Å². The van der Waals surface area contributed by atoms with E-state index in [1.807, 2.05) is 5.16 Å². The third kappa shape index (κ3) is 4.01. The van der Waals surface area contributed by atoms with Gasteiger partial charge in [-0.2, -0.15) is 4.99 Å². The number of benzene rings is 3. The van der Waals surface area contributed by atoms with Crippen molar-refractivity contribution < 1.29 is 13.9 Å². The van der Waals surface area contributed by atoms with Crippen LogP contribution in [-0.4, -0.2) is 10.3 Å². The number of hydrogen-bond donors (Lipinski definition) is 1. The summed E-state index contributed by atoms with van der Waals surface area (Å²) in [6.45, 7) is 0. The van der Waals surface area contributed by atoms with Crippen LogP contribution in [-0.2, 0) is 0 Å². The van der Waals surface area contributed by atoms with Crippen LogP contribution in [0.3, 0.4) is 0 Å². The third-order valence-electron chi connectivity index (χ3n) is 3.61. The molecule has 0 heterocycles. The number of hydrogen-bond acceptors (Lipinski definition) is 3. The molecule has 1 N–H and O–H groups in total.